The van der Waals surface area contributed by atoms with Crippen molar-refractivity contribution in [1.29, 1.82) is 0 Å². The van der Waals surface area contributed by atoms with Crippen LogP contribution in [0.15, 0.2) is 18.2 Å². The highest BCUT2D eigenvalue weighted by atomic mass is 32.2. The molecule has 0 spiro atoms. The van der Waals surface area contributed by atoms with Gasteiger partial charge in [-0.3, -0.25) is 14.9 Å². The second kappa shape index (κ2) is 4.64. The number of sulfonamides is 1. The van der Waals surface area contributed by atoms with Crippen molar-refractivity contribution in [2.45, 2.75) is 30.9 Å². The Morgan fingerprint density at radius 2 is 1.95 bits per heavy atom. The fourth-order valence-electron chi connectivity index (χ4n) is 2.54. The summed E-state index contributed by atoms with van der Waals surface area (Å²) in [5.74, 6) is 0. The van der Waals surface area contributed by atoms with Crippen molar-refractivity contribution < 1.29 is 8.42 Å². The Morgan fingerprint density at radius 3 is 2.68 bits per heavy atom. The summed E-state index contributed by atoms with van der Waals surface area (Å²) in [6, 6.07) is 5.32. The highest BCUT2D eigenvalue weighted by Gasteiger charge is 2.28. The van der Waals surface area contributed by atoms with E-state index >= 15 is 0 Å². The predicted molar refractivity (Wildman–Crippen MR) is 78.3 cm³/mol. The van der Waals surface area contributed by atoms with E-state index in [2.05, 4.69) is 14.9 Å². The molecule has 0 amide bonds. The SMILES string of the molecule is O=S(=O)(Nc1ccc2[nH][nH]c(=S)c2c1)C1CCCC1. The van der Waals surface area contributed by atoms with Crippen LogP contribution in [0.2, 0.25) is 0 Å². The van der Waals surface area contributed by atoms with E-state index in [1.54, 1.807) is 12.1 Å². The number of rotatable bonds is 3. The molecule has 1 aliphatic rings. The molecular formula is C12H15N3O2S2. The van der Waals surface area contributed by atoms with Crippen LogP contribution in [0.3, 0.4) is 0 Å². The largest absolute Gasteiger partial charge is 0.299 e. The Bertz CT molecular complexity index is 755. The van der Waals surface area contributed by atoms with Gasteiger partial charge in [0.05, 0.1) is 10.8 Å². The minimum absolute atomic E-state index is 0.260. The van der Waals surface area contributed by atoms with Crippen molar-refractivity contribution in [3.05, 3.63) is 22.8 Å². The van der Waals surface area contributed by atoms with E-state index in [-0.39, 0.29) is 5.25 Å². The highest BCUT2D eigenvalue weighted by molar-refractivity contribution is 7.93. The fourth-order valence-corrected chi connectivity index (χ4v) is 4.34. The lowest BCUT2D eigenvalue weighted by Gasteiger charge is -2.13. The Morgan fingerprint density at radius 1 is 1.21 bits per heavy atom. The van der Waals surface area contributed by atoms with Gasteiger partial charge in [0.1, 0.15) is 4.64 Å². The predicted octanol–water partition coefficient (Wildman–Crippen LogP) is 2.91. The number of nitrogens with one attached hydrogen (secondary N) is 3. The Hall–Kier alpha value is -1.34. The average molecular weight is 297 g/mol. The van der Waals surface area contributed by atoms with E-state index in [1.165, 1.54) is 0 Å². The zero-order valence-electron chi connectivity index (χ0n) is 10.3. The van der Waals surface area contributed by atoms with E-state index in [9.17, 15) is 8.42 Å². The van der Waals surface area contributed by atoms with Crippen LogP contribution in [0.4, 0.5) is 5.69 Å². The third-order valence-electron chi connectivity index (χ3n) is 3.58. The molecule has 0 radical (unpaired) electrons. The maximum atomic E-state index is 12.2. The van der Waals surface area contributed by atoms with Gasteiger partial charge in [-0.1, -0.05) is 25.1 Å². The summed E-state index contributed by atoms with van der Waals surface area (Å²) in [6.07, 6.45) is 3.49. The quantitative estimate of drug-likeness (QED) is 0.762. The van der Waals surface area contributed by atoms with E-state index < -0.39 is 10.0 Å². The normalized spacial score (nSPS) is 17.1. The molecule has 2 aromatic rings. The maximum Gasteiger partial charge on any atom is 0.235 e. The van der Waals surface area contributed by atoms with Crippen molar-refractivity contribution in [2.75, 3.05) is 4.72 Å². The molecule has 1 fully saturated rings. The van der Waals surface area contributed by atoms with Crippen molar-refractivity contribution in [3.63, 3.8) is 0 Å². The Labute approximate surface area is 116 Å². The van der Waals surface area contributed by atoms with Crippen LogP contribution in [-0.2, 0) is 10.0 Å². The highest BCUT2D eigenvalue weighted by Crippen LogP contribution is 2.27. The third-order valence-corrected chi connectivity index (χ3v) is 5.77. The van der Waals surface area contributed by atoms with Gasteiger partial charge in [0, 0.05) is 11.1 Å². The molecule has 1 aromatic carbocycles. The van der Waals surface area contributed by atoms with Crippen molar-refractivity contribution in [2.24, 2.45) is 0 Å². The van der Waals surface area contributed by atoms with Crippen LogP contribution in [-0.4, -0.2) is 23.9 Å². The Kier molecular flexibility index (Phi) is 3.10. The van der Waals surface area contributed by atoms with E-state index in [4.69, 9.17) is 12.2 Å². The molecule has 1 aromatic heterocycles. The molecule has 102 valence electrons. The molecule has 0 atom stereocenters. The van der Waals surface area contributed by atoms with Gasteiger partial charge in [-0.05, 0) is 31.0 Å². The summed E-state index contributed by atoms with van der Waals surface area (Å²) < 4.78 is 27.7. The number of aromatic amines is 2. The number of aromatic nitrogens is 2. The molecule has 3 N–H and O–H groups in total. The molecule has 1 saturated carbocycles. The average Bonchev–Trinajstić information content (AvgIpc) is 3.00. The van der Waals surface area contributed by atoms with Gasteiger partial charge in [-0.15, -0.1) is 0 Å². The Balaban J connectivity index is 1.92. The molecule has 0 aliphatic heterocycles. The molecular weight excluding hydrogens is 282 g/mol. The summed E-state index contributed by atoms with van der Waals surface area (Å²) >= 11 is 5.13. The number of hydrogen-bond donors (Lipinski definition) is 3. The van der Waals surface area contributed by atoms with Gasteiger partial charge in [0.2, 0.25) is 10.0 Å². The van der Waals surface area contributed by atoms with Gasteiger partial charge >= 0.3 is 0 Å². The van der Waals surface area contributed by atoms with Crippen LogP contribution in [0.25, 0.3) is 10.9 Å². The molecule has 7 heteroatoms. The molecule has 1 heterocycles. The fraction of sp³-hybridized carbons (Fsp3) is 0.417. The first-order valence-electron chi connectivity index (χ1n) is 6.28. The summed E-state index contributed by atoms with van der Waals surface area (Å²) in [5, 5.41) is 6.32. The minimum Gasteiger partial charge on any atom is -0.299 e. The van der Waals surface area contributed by atoms with Gasteiger partial charge in [-0.2, -0.15) is 0 Å². The maximum absolute atomic E-state index is 12.2. The molecule has 19 heavy (non-hydrogen) atoms. The summed E-state index contributed by atoms with van der Waals surface area (Å²) in [7, 11) is -3.28. The summed E-state index contributed by atoms with van der Waals surface area (Å²) in [4.78, 5) is 0. The van der Waals surface area contributed by atoms with Crippen LogP contribution in [0.1, 0.15) is 25.7 Å². The zero-order chi connectivity index (χ0) is 13.5. The summed E-state index contributed by atoms with van der Waals surface area (Å²) in [6.45, 7) is 0. The van der Waals surface area contributed by atoms with E-state index in [1.807, 2.05) is 6.07 Å². The number of H-pyrrole nitrogens is 2. The number of anilines is 1. The van der Waals surface area contributed by atoms with Gasteiger partial charge < -0.3 is 0 Å². The lowest BCUT2D eigenvalue weighted by Crippen LogP contribution is -2.25. The molecule has 1 aliphatic carbocycles. The van der Waals surface area contributed by atoms with E-state index in [0.717, 1.165) is 36.6 Å². The standard InChI is InChI=1S/C12H15N3O2S2/c16-19(17,9-3-1-2-4-9)15-8-5-6-11-10(7-8)12(18)14-13-11/h5-7,9,15H,1-4H2,(H2,13,14,18). The summed E-state index contributed by atoms with van der Waals surface area (Å²) in [5.41, 5.74) is 1.44. The van der Waals surface area contributed by atoms with Crippen LogP contribution < -0.4 is 4.72 Å². The van der Waals surface area contributed by atoms with Crippen molar-refractivity contribution in [1.82, 2.24) is 10.2 Å². The number of benzene rings is 1. The van der Waals surface area contributed by atoms with Crippen LogP contribution in [0, 0.1) is 4.64 Å². The minimum atomic E-state index is -3.28. The van der Waals surface area contributed by atoms with Crippen molar-refractivity contribution >= 4 is 38.8 Å². The first-order chi connectivity index (χ1) is 9.06. The number of hydrogen-bond acceptors (Lipinski definition) is 3. The number of fused-ring (bicyclic) bond motifs is 1. The smallest absolute Gasteiger partial charge is 0.235 e. The first-order valence-corrected chi connectivity index (χ1v) is 8.24. The molecule has 0 saturated heterocycles. The molecule has 3 rings (SSSR count). The second-order valence-electron chi connectivity index (χ2n) is 4.89. The second-order valence-corrected chi connectivity index (χ2v) is 7.26. The van der Waals surface area contributed by atoms with Crippen molar-refractivity contribution in [3.8, 4) is 0 Å². The lowest BCUT2D eigenvalue weighted by molar-refractivity contribution is 0.585. The lowest BCUT2D eigenvalue weighted by atomic mass is 10.2. The monoisotopic (exact) mass is 297 g/mol. The molecule has 0 bridgehead atoms. The zero-order valence-corrected chi connectivity index (χ0v) is 11.9. The van der Waals surface area contributed by atoms with Crippen LogP contribution >= 0.6 is 12.2 Å². The topological polar surface area (TPSA) is 77.8 Å². The first kappa shape index (κ1) is 12.7. The molecule has 0 unspecified atom stereocenters. The van der Waals surface area contributed by atoms with Crippen LogP contribution in [0.5, 0.6) is 0 Å². The van der Waals surface area contributed by atoms with Gasteiger partial charge in [0.25, 0.3) is 0 Å². The van der Waals surface area contributed by atoms with Gasteiger partial charge in [-0.25, -0.2) is 8.42 Å². The van der Waals surface area contributed by atoms with E-state index in [0.29, 0.717) is 10.3 Å². The van der Waals surface area contributed by atoms with Gasteiger partial charge in [0.15, 0.2) is 0 Å². The third kappa shape index (κ3) is 2.40. The molecule has 5 nitrogen and oxygen atoms in total.